The smallest absolute Gasteiger partial charge is 0.0862 e. The van der Waals surface area contributed by atoms with Gasteiger partial charge in [0, 0.05) is 4.88 Å². The van der Waals surface area contributed by atoms with Crippen LogP contribution in [-0.4, -0.2) is 0 Å². The molecule has 1 aromatic carbocycles. The van der Waals surface area contributed by atoms with E-state index >= 15 is 0 Å². The Kier molecular flexibility index (Phi) is 1.84. The number of nitrogen functional groups attached to an aromatic ring is 1. The summed E-state index contributed by atoms with van der Waals surface area (Å²) in [6, 6.07) is 14.9. The number of hydrogen-bond donors (Lipinski definition) is 1. The third kappa shape index (κ3) is 1.34. The standard InChI is InChI=1S/C10H8NS/c11-10-7-6-9(12-10)8-4-2-1-3-5-8/h1-2,4-7H,11H2. The summed E-state index contributed by atoms with van der Waals surface area (Å²) in [4.78, 5) is 1.20. The van der Waals surface area contributed by atoms with Crippen LogP contribution in [0.4, 0.5) is 5.00 Å². The zero-order chi connectivity index (χ0) is 8.39. The molecule has 0 spiro atoms. The highest BCUT2D eigenvalue weighted by Crippen LogP contribution is 2.28. The molecule has 0 fully saturated rings. The minimum atomic E-state index is 0.855. The second-order valence-electron chi connectivity index (χ2n) is 2.49. The van der Waals surface area contributed by atoms with E-state index in [9.17, 15) is 0 Å². The summed E-state index contributed by atoms with van der Waals surface area (Å²) >= 11 is 1.60. The fourth-order valence-corrected chi connectivity index (χ4v) is 1.83. The van der Waals surface area contributed by atoms with Gasteiger partial charge in [-0.05, 0) is 29.8 Å². The molecule has 0 aliphatic rings. The molecule has 1 radical (unpaired) electrons. The van der Waals surface area contributed by atoms with Crippen molar-refractivity contribution >= 4 is 16.3 Å². The van der Waals surface area contributed by atoms with Crippen LogP contribution >= 0.6 is 11.3 Å². The lowest BCUT2D eigenvalue weighted by molar-refractivity contribution is 1.68. The van der Waals surface area contributed by atoms with Crippen LogP contribution in [0.3, 0.4) is 0 Å². The van der Waals surface area contributed by atoms with Crippen molar-refractivity contribution in [2.45, 2.75) is 0 Å². The third-order valence-corrected chi connectivity index (χ3v) is 2.58. The Morgan fingerprint density at radius 3 is 2.75 bits per heavy atom. The topological polar surface area (TPSA) is 26.0 Å². The van der Waals surface area contributed by atoms with Gasteiger partial charge in [0.1, 0.15) is 0 Å². The van der Waals surface area contributed by atoms with Crippen molar-refractivity contribution < 1.29 is 0 Å². The van der Waals surface area contributed by atoms with Gasteiger partial charge in [0.2, 0.25) is 0 Å². The van der Waals surface area contributed by atoms with Crippen molar-refractivity contribution in [3.05, 3.63) is 42.5 Å². The second-order valence-corrected chi connectivity index (χ2v) is 3.61. The van der Waals surface area contributed by atoms with Crippen molar-refractivity contribution in [3.63, 3.8) is 0 Å². The molecule has 1 aromatic heterocycles. The molecule has 12 heavy (non-hydrogen) atoms. The lowest BCUT2D eigenvalue weighted by Crippen LogP contribution is -1.72. The molecule has 1 nitrogen and oxygen atoms in total. The lowest BCUT2D eigenvalue weighted by atomic mass is 10.2. The minimum absolute atomic E-state index is 0.855. The summed E-state index contributed by atoms with van der Waals surface area (Å²) < 4.78 is 0. The molecule has 0 saturated heterocycles. The van der Waals surface area contributed by atoms with E-state index in [4.69, 9.17) is 5.73 Å². The molecule has 0 unspecified atom stereocenters. The van der Waals surface area contributed by atoms with E-state index in [0.29, 0.717) is 0 Å². The van der Waals surface area contributed by atoms with E-state index in [1.165, 1.54) is 10.4 Å². The number of benzene rings is 1. The first-order valence-electron chi connectivity index (χ1n) is 3.68. The number of anilines is 1. The highest BCUT2D eigenvalue weighted by Gasteiger charge is 1.98. The Balaban J connectivity index is 2.45. The van der Waals surface area contributed by atoms with Crippen molar-refractivity contribution in [1.29, 1.82) is 0 Å². The largest absolute Gasteiger partial charge is 0.391 e. The van der Waals surface area contributed by atoms with Crippen molar-refractivity contribution in [3.8, 4) is 10.4 Å². The first-order valence-corrected chi connectivity index (χ1v) is 4.50. The molecule has 1 heterocycles. The van der Waals surface area contributed by atoms with Crippen LogP contribution in [-0.2, 0) is 0 Å². The normalized spacial score (nSPS) is 10.0. The Labute approximate surface area is 75.5 Å². The number of nitrogens with two attached hydrogens (primary N) is 1. The minimum Gasteiger partial charge on any atom is -0.391 e. The molecule has 0 aliphatic carbocycles. The van der Waals surface area contributed by atoms with Gasteiger partial charge in [-0.1, -0.05) is 18.2 Å². The van der Waals surface area contributed by atoms with E-state index < -0.39 is 0 Å². The first kappa shape index (κ1) is 7.37. The third-order valence-electron chi connectivity index (χ3n) is 1.62. The molecule has 0 amide bonds. The van der Waals surface area contributed by atoms with Gasteiger partial charge in [-0.15, -0.1) is 11.3 Å². The maximum Gasteiger partial charge on any atom is 0.0862 e. The average molecular weight is 174 g/mol. The summed E-state index contributed by atoms with van der Waals surface area (Å²) in [6.07, 6.45) is 0. The molecular formula is C10H8NS. The lowest BCUT2D eigenvalue weighted by Gasteiger charge is -1.93. The van der Waals surface area contributed by atoms with Crippen LogP contribution in [0.5, 0.6) is 0 Å². The molecule has 0 saturated carbocycles. The Bertz CT molecular complexity index is 364. The molecular weight excluding hydrogens is 166 g/mol. The Hall–Kier alpha value is -1.28. The fourth-order valence-electron chi connectivity index (χ4n) is 1.05. The molecule has 0 aliphatic heterocycles. The predicted octanol–water partition coefficient (Wildman–Crippen LogP) is 2.80. The zero-order valence-electron chi connectivity index (χ0n) is 6.45. The van der Waals surface area contributed by atoms with Gasteiger partial charge in [-0.25, -0.2) is 0 Å². The van der Waals surface area contributed by atoms with E-state index in [0.717, 1.165) is 5.00 Å². The summed E-state index contributed by atoms with van der Waals surface area (Å²) in [6.45, 7) is 0. The highest BCUT2D eigenvalue weighted by molar-refractivity contribution is 7.19. The Morgan fingerprint density at radius 2 is 2.17 bits per heavy atom. The molecule has 2 rings (SSSR count). The van der Waals surface area contributed by atoms with E-state index in [1.807, 2.05) is 30.3 Å². The fraction of sp³-hybridized carbons (Fsp3) is 0. The van der Waals surface area contributed by atoms with Gasteiger partial charge in [-0.3, -0.25) is 0 Å². The second kappa shape index (κ2) is 2.99. The zero-order valence-corrected chi connectivity index (χ0v) is 7.27. The summed E-state index contributed by atoms with van der Waals surface area (Å²) in [7, 11) is 0. The van der Waals surface area contributed by atoms with Crippen LogP contribution in [0, 0.1) is 6.07 Å². The van der Waals surface area contributed by atoms with E-state index in [-0.39, 0.29) is 0 Å². The highest BCUT2D eigenvalue weighted by atomic mass is 32.1. The first-order chi connectivity index (χ1) is 5.86. The maximum absolute atomic E-state index is 5.62. The van der Waals surface area contributed by atoms with Gasteiger partial charge in [0.05, 0.1) is 5.00 Å². The summed E-state index contributed by atoms with van der Waals surface area (Å²) in [5.41, 5.74) is 6.80. The van der Waals surface area contributed by atoms with Crippen LogP contribution in [0.25, 0.3) is 10.4 Å². The monoisotopic (exact) mass is 174 g/mol. The van der Waals surface area contributed by atoms with Crippen LogP contribution < -0.4 is 5.73 Å². The van der Waals surface area contributed by atoms with Crippen LogP contribution in [0.2, 0.25) is 0 Å². The number of thiophene rings is 1. The van der Waals surface area contributed by atoms with Gasteiger partial charge in [0.25, 0.3) is 0 Å². The average Bonchev–Trinajstić information content (AvgIpc) is 2.54. The van der Waals surface area contributed by atoms with E-state index in [1.54, 1.807) is 11.3 Å². The molecule has 2 N–H and O–H groups in total. The van der Waals surface area contributed by atoms with Gasteiger partial charge < -0.3 is 5.73 Å². The van der Waals surface area contributed by atoms with Crippen molar-refractivity contribution in [1.82, 2.24) is 0 Å². The molecule has 0 atom stereocenters. The summed E-state index contributed by atoms with van der Waals surface area (Å²) in [5, 5.41) is 0.855. The Morgan fingerprint density at radius 1 is 1.25 bits per heavy atom. The van der Waals surface area contributed by atoms with Crippen LogP contribution in [0.15, 0.2) is 36.4 Å². The maximum atomic E-state index is 5.62. The number of hydrogen-bond acceptors (Lipinski definition) is 2. The van der Waals surface area contributed by atoms with Crippen LogP contribution in [0.1, 0.15) is 0 Å². The number of rotatable bonds is 1. The predicted molar refractivity (Wildman–Crippen MR) is 53.0 cm³/mol. The van der Waals surface area contributed by atoms with Crippen molar-refractivity contribution in [2.24, 2.45) is 0 Å². The van der Waals surface area contributed by atoms with E-state index in [2.05, 4.69) is 12.1 Å². The molecule has 59 valence electrons. The summed E-state index contributed by atoms with van der Waals surface area (Å²) in [5.74, 6) is 0. The van der Waals surface area contributed by atoms with Gasteiger partial charge in [-0.2, -0.15) is 0 Å². The van der Waals surface area contributed by atoms with Crippen molar-refractivity contribution in [2.75, 3.05) is 5.73 Å². The van der Waals surface area contributed by atoms with Gasteiger partial charge in [0.15, 0.2) is 0 Å². The quantitative estimate of drug-likeness (QED) is 0.706. The molecule has 2 heteroatoms. The molecule has 2 aromatic rings. The SMILES string of the molecule is Nc1ccc(-c2c[c]ccc2)s1. The van der Waals surface area contributed by atoms with Gasteiger partial charge >= 0.3 is 0 Å². The molecule has 0 bridgehead atoms.